The van der Waals surface area contributed by atoms with Crippen molar-refractivity contribution >= 4 is 5.97 Å². The Morgan fingerprint density at radius 2 is 2.18 bits per heavy atom. The number of carbonyl (C=O) groups is 1. The first-order valence-corrected chi connectivity index (χ1v) is 4.85. The van der Waals surface area contributed by atoms with E-state index in [0.29, 0.717) is 11.4 Å². The summed E-state index contributed by atoms with van der Waals surface area (Å²) < 4.78 is 5.30. The number of rotatable bonds is 4. The normalized spacial score (nSPS) is 10.1. The molecule has 2 rings (SSSR count). The van der Waals surface area contributed by atoms with Crippen LogP contribution in [0.3, 0.4) is 0 Å². The number of aromatic nitrogens is 2. The lowest BCUT2D eigenvalue weighted by molar-refractivity contribution is 0.0690. The number of carboxylic acids is 1. The number of nitrogens with zero attached hydrogens (tertiary/aromatic N) is 1. The molecule has 0 fully saturated rings. The number of hydrogen-bond donors (Lipinski definition) is 3. The van der Waals surface area contributed by atoms with E-state index in [0.717, 1.165) is 0 Å². The molecule has 0 saturated carbocycles. The summed E-state index contributed by atoms with van der Waals surface area (Å²) in [5.74, 6) is -0.737. The van der Waals surface area contributed by atoms with E-state index in [1.165, 1.54) is 12.1 Å². The largest absolute Gasteiger partial charge is 0.504 e. The lowest BCUT2D eigenvalue weighted by Gasteiger charge is -2.05. The highest BCUT2D eigenvalue weighted by atomic mass is 16.5. The molecule has 0 amide bonds. The topological polar surface area (TPSA) is 95.4 Å². The summed E-state index contributed by atoms with van der Waals surface area (Å²) in [6, 6.07) is 7.91. The Hall–Kier alpha value is -2.50. The van der Waals surface area contributed by atoms with Gasteiger partial charge >= 0.3 is 5.97 Å². The number of aromatic amines is 1. The summed E-state index contributed by atoms with van der Waals surface area (Å²) in [5.41, 5.74) is 0.450. The highest BCUT2D eigenvalue weighted by Gasteiger charge is 2.08. The number of phenols is 1. The van der Waals surface area contributed by atoms with Gasteiger partial charge in [-0.2, -0.15) is 5.10 Å². The molecule has 0 saturated heterocycles. The van der Waals surface area contributed by atoms with Crippen molar-refractivity contribution in [3.8, 4) is 11.5 Å². The molecule has 1 aromatic heterocycles. The number of benzene rings is 1. The minimum Gasteiger partial charge on any atom is -0.504 e. The van der Waals surface area contributed by atoms with E-state index >= 15 is 0 Å². The highest BCUT2D eigenvalue weighted by Crippen LogP contribution is 2.24. The van der Waals surface area contributed by atoms with E-state index in [-0.39, 0.29) is 18.1 Å². The maximum absolute atomic E-state index is 10.6. The van der Waals surface area contributed by atoms with Crippen LogP contribution in [0.25, 0.3) is 0 Å². The van der Waals surface area contributed by atoms with Crippen molar-refractivity contribution in [2.45, 2.75) is 6.61 Å². The summed E-state index contributed by atoms with van der Waals surface area (Å²) in [6.45, 7) is 0.109. The van der Waals surface area contributed by atoms with Crippen molar-refractivity contribution in [1.29, 1.82) is 0 Å². The van der Waals surface area contributed by atoms with Gasteiger partial charge in [0.1, 0.15) is 6.61 Å². The zero-order valence-electron chi connectivity index (χ0n) is 8.75. The monoisotopic (exact) mass is 234 g/mol. The maximum atomic E-state index is 10.6. The molecular weight excluding hydrogens is 224 g/mol. The fourth-order valence-corrected chi connectivity index (χ4v) is 1.28. The maximum Gasteiger partial charge on any atom is 0.356 e. The van der Waals surface area contributed by atoms with Crippen molar-refractivity contribution < 1.29 is 19.7 Å². The van der Waals surface area contributed by atoms with Gasteiger partial charge in [0.15, 0.2) is 17.2 Å². The fourth-order valence-electron chi connectivity index (χ4n) is 1.28. The smallest absolute Gasteiger partial charge is 0.356 e. The summed E-state index contributed by atoms with van der Waals surface area (Å²) in [6.07, 6.45) is 0. The van der Waals surface area contributed by atoms with Crippen molar-refractivity contribution in [2.75, 3.05) is 0 Å². The van der Waals surface area contributed by atoms with Gasteiger partial charge < -0.3 is 14.9 Å². The number of hydrogen-bond acceptors (Lipinski definition) is 4. The molecule has 2 aromatic rings. The molecule has 3 N–H and O–H groups in total. The van der Waals surface area contributed by atoms with Crippen molar-refractivity contribution in [1.82, 2.24) is 10.2 Å². The summed E-state index contributed by atoms with van der Waals surface area (Å²) in [7, 11) is 0. The average molecular weight is 234 g/mol. The number of aromatic carboxylic acids is 1. The van der Waals surface area contributed by atoms with Gasteiger partial charge in [0.25, 0.3) is 0 Å². The molecule has 88 valence electrons. The Balaban J connectivity index is 2.02. The van der Waals surface area contributed by atoms with Crippen molar-refractivity contribution in [3.05, 3.63) is 41.7 Å². The van der Waals surface area contributed by atoms with Gasteiger partial charge in [-0.3, -0.25) is 5.10 Å². The van der Waals surface area contributed by atoms with Crippen LogP contribution in [0.5, 0.6) is 11.5 Å². The Morgan fingerprint density at radius 3 is 2.82 bits per heavy atom. The number of phenolic OH excluding ortho intramolecular Hbond substituents is 1. The summed E-state index contributed by atoms with van der Waals surface area (Å²) in [4.78, 5) is 10.6. The van der Waals surface area contributed by atoms with Gasteiger partial charge in [-0.1, -0.05) is 12.1 Å². The summed E-state index contributed by atoms with van der Waals surface area (Å²) in [5, 5.41) is 24.2. The molecule has 0 spiro atoms. The van der Waals surface area contributed by atoms with Crippen molar-refractivity contribution in [2.24, 2.45) is 0 Å². The predicted octanol–water partition coefficient (Wildman–Crippen LogP) is 1.39. The Kier molecular flexibility index (Phi) is 2.95. The molecular formula is C11H10N2O4. The van der Waals surface area contributed by atoms with E-state index in [2.05, 4.69) is 10.2 Å². The third-order valence-corrected chi connectivity index (χ3v) is 2.10. The minimum atomic E-state index is -1.10. The first-order chi connectivity index (χ1) is 8.16. The molecule has 1 heterocycles. The van der Waals surface area contributed by atoms with Gasteiger partial charge in [0.2, 0.25) is 0 Å². The van der Waals surface area contributed by atoms with E-state index in [1.54, 1.807) is 18.2 Å². The third kappa shape index (κ3) is 2.54. The zero-order valence-corrected chi connectivity index (χ0v) is 8.75. The van der Waals surface area contributed by atoms with Gasteiger partial charge in [0, 0.05) is 0 Å². The van der Waals surface area contributed by atoms with Crippen LogP contribution in [0.15, 0.2) is 30.3 Å². The third-order valence-electron chi connectivity index (χ3n) is 2.10. The molecule has 17 heavy (non-hydrogen) atoms. The SMILES string of the molecule is O=C(O)c1cc(COc2ccccc2O)[nH]n1. The van der Waals surface area contributed by atoms with Gasteiger partial charge in [-0.25, -0.2) is 4.79 Å². The molecule has 0 aliphatic heterocycles. The molecule has 0 bridgehead atoms. The lowest BCUT2D eigenvalue weighted by Crippen LogP contribution is -1.96. The molecule has 6 nitrogen and oxygen atoms in total. The molecule has 0 unspecified atom stereocenters. The molecule has 6 heteroatoms. The van der Waals surface area contributed by atoms with Crippen LogP contribution in [-0.2, 0) is 6.61 Å². The zero-order chi connectivity index (χ0) is 12.3. The number of para-hydroxylation sites is 2. The van der Waals surface area contributed by atoms with Crippen LogP contribution >= 0.6 is 0 Å². The van der Waals surface area contributed by atoms with Crippen LogP contribution in [0, 0.1) is 0 Å². The molecule has 0 aliphatic carbocycles. The lowest BCUT2D eigenvalue weighted by atomic mass is 10.3. The number of nitrogens with one attached hydrogen (secondary N) is 1. The standard InChI is InChI=1S/C11H10N2O4/c14-9-3-1-2-4-10(9)17-6-7-5-8(11(15)16)13-12-7/h1-5,14H,6H2,(H,12,13)(H,15,16). The predicted molar refractivity (Wildman–Crippen MR) is 58.0 cm³/mol. The van der Waals surface area contributed by atoms with Gasteiger partial charge in [-0.15, -0.1) is 0 Å². The van der Waals surface area contributed by atoms with Crippen LogP contribution in [0.1, 0.15) is 16.2 Å². The van der Waals surface area contributed by atoms with E-state index in [4.69, 9.17) is 9.84 Å². The molecule has 0 atom stereocenters. The molecule has 1 aromatic carbocycles. The van der Waals surface area contributed by atoms with E-state index < -0.39 is 5.97 Å². The first-order valence-electron chi connectivity index (χ1n) is 4.85. The minimum absolute atomic E-state index is 0.0328. The number of ether oxygens (including phenoxy) is 1. The highest BCUT2D eigenvalue weighted by molar-refractivity contribution is 5.85. The van der Waals surface area contributed by atoms with E-state index in [1.807, 2.05) is 0 Å². The van der Waals surface area contributed by atoms with Gasteiger partial charge in [-0.05, 0) is 18.2 Å². The van der Waals surface area contributed by atoms with E-state index in [9.17, 15) is 9.90 Å². The fraction of sp³-hybridized carbons (Fsp3) is 0.0909. The number of aromatic hydroxyl groups is 1. The van der Waals surface area contributed by atoms with Crippen LogP contribution in [0.2, 0.25) is 0 Å². The van der Waals surface area contributed by atoms with Gasteiger partial charge in [0.05, 0.1) is 5.69 Å². The quantitative estimate of drug-likeness (QED) is 0.743. The number of carboxylic acid groups (broad SMARTS) is 1. The Bertz CT molecular complexity index is 536. The average Bonchev–Trinajstić information content (AvgIpc) is 2.77. The first kappa shape index (κ1) is 11.0. The number of H-pyrrole nitrogens is 1. The van der Waals surface area contributed by atoms with Crippen LogP contribution in [-0.4, -0.2) is 26.4 Å². The van der Waals surface area contributed by atoms with Crippen LogP contribution < -0.4 is 4.74 Å². The molecule has 0 radical (unpaired) electrons. The Morgan fingerprint density at radius 1 is 1.41 bits per heavy atom. The second kappa shape index (κ2) is 4.56. The second-order valence-electron chi connectivity index (χ2n) is 3.34. The Labute approximate surface area is 96.5 Å². The van der Waals surface area contributed by atoms with Crippen molar-refractivity contribution in [3.63, 3.8) is 0 Å². The van der Waals surface area contributed by atoms with Crippen LogP contribution in [0.4, 0.5) is 0 Å². The summed E-state index contributed by atoms with van der Waals surface area (Å²) >= 11 is 0. The second-order valence-corrected chi connectivity index (χ2v) is 3.34. The molecule has 0 aliphatic rings.